The Morgan fingerprint density at radius 3 is 2.88 bits per heavy atom. The van der Waals surface area contributed by atoms with Crippen LogP contribution in [0.2, 0.25) is 0 Å². The molecule has 1 atom stereocenters. The van der Waals surface area contributed by atoms with Gasteiger partial charge in [-0.15, -0.1) is 0 Å². The summed E-state index contributed by atoms with van der Waals surface area (Å²) in [5, 5.41) is 12.7. The fraction of sp³-hybridized carbons (Fsp3) is 0.267. The highest BCUT2D eigenvalue weighted by molar-refractivity contribution is 7.85. The minimum absolute atomic E-state index is 0.0213. The lowest BCUT2D eigenvalue weighted by molar-refractivity contribution is 0.107. The molecule has 0 N–H and O–H groups in total. The van der Waals surface area contributed by atoms with Gasteiger partial charge in [0.1, 0.15) is 24.5 Å². The molecule has 0 bridgehead atoms. The number of benzene rings is 1. The Hall–Kier alpha value is -2.97. The highest BCUT2D eigenvalue weighted by Gasteiger charge is 2.33. The topological polar surface area (TPSA) is 115 Å². The van der Waals surface area contributed by atoms with Crippen molar-refractivity contribution in [2.75, 3.05) is 24.3 Å². The molecule has 1 fully saturated rings. The molecule has 9 nitrogen and oxygen atoms in total. The molecule has 0 radical (unpaired) electrons. The van der Waals surface area contributed by atoms with Gasteiger partial charge in [0, 0.05) is 6.20 Å². The quantitative estimate of drug-likeness (QED) is 0.716. The van der Waals surface area contributed by atoms with E-state index in [2.05, 4.69) is 9.28 Å². The van der Waals surface area contributed by atoms with Crippen molar-refractivity contribution < 1.29 is 26.5 Å². The van der Waals surface area contributed by atoms with Gasteiger partial charge in [0.05, 0.1) is 30.2 Å². The highest BCUT2D eigenvalue weighted by atomic mass is 32.2. The van der Waals surface area contributed by atoms with E-state index in [-0.39, 0.29) is 30.1 Å². The van der Waals surface area contributed by atoms with Gasteiger partial charge in [-0.25, -0.2) is 13.9 Å². The Bertz CT molecular complexity index is 998. The molecule has 136 valence electrons. The van der Waals surface area contributed by atoms with Crippen LogP contribution in [0, 0.1) is 17.1 Å². The van der Waals surface area contributed by atoms with Crippen molar-refractivity contribution in [1.82, 2.24) is 9.78 Å². The molecule has 3 rings (SSSR count). The SMILES string of the molecule is CS(=O)(=O)OC[C@H]1CN(c2ccc(-n3cc(C#N)cn3)c(F)c2)C(=O)O1. The number of amides is 1. The maximum Gasteiger partial charge on any atom is 0.414 e. The van der Waals surface area contributed by atoms with E-state index in [0.29, 0.717) is 0 Å². The number of halogens is 1. The molecular weight excluding hydrogens is 367 g/mol. The normalized spacial score (nSPS) is 17.2. The number of carbonyl (C=O) groups excluding carboxylic acids is 1. The monoisotopic (exact) mass is 380 g/mol. The van der Waals surface area contributed by atoms with Gasteiger partial charge in [-0.05, 0) is 18.2 Å². The van der Waals surface area contributed by atoms with Crippen LogP contribution in [-0.4, -0.2) is 49.8 Å². The summed E-state index contributed by atoms with van der Waals surface area (Å²) in [6, 6.07) is 5.93. The van der Waals surface area contributed by atoms with E-state index in [1.807, 2.05) is 6.07 Å². The summed E-state index contributed by atoms with van der Waals surface area (Å²) in [5.41, 5.74) is 0.635. The van der Waals surface area contributed by atoms with Crippen LogP contribution in [0.3, 0.4) is 0 Å². The van der Waals surface area contributed by atoms with Gasteiger partial charge in [-0.2, -0.15) is 18.8 Å². The van der Waals surface area contributed by atoms with Crippen molar-refractivity contribution in [1.29, 1.82) is 5.26 Å². The van der Waals surface area contributed by atoms with Crippen LogP contribution >= 0.6 is 0 Å². The van der Waals surface area contributed by atoms with Crippen molar-refractivity contribution in [3.05, 3.63) is 42.0 Å². The zero-order valence-electron chi connectivity index (χ0n) is 13.5. The molecule has 1 aliphatic heterocycles. The number of nitrogens with zero attached hydrogens (tertiary/aromatic N) is 4. The number of nitriles is 1. The van der Waals surface area contributed by atoms with Gasteiger partial charge >= 0.3 is 6.09 Å². The van der Waals surface area contributed by atoms with Crippen molar-refractivity contribution in [2.24, 2.45) is 0 Å². The second-order valence-electron chi connectivity index (χ2n) is 5.53. The first-order chi connectivity index (χ1) is 12.3. The van der Waals surface area contributed by atoms with Crippen LogP contribution in [0.15, 0.2) is 30.6 Å². The maximum absolute atomic E-state index is 14.4. The molecule has 1 amide bonds. The lowest BCUT2D eigenvalue weighted by Gasteiger charge is -2.14. The fourth-order valence-electron chi connectivity index (χ4n) is 2.38. The molecule has 1 saturated heterocycles. The van der Waals surface area contributed by atoms with Crippen molar-refractivity contribution in [3.63, 3.8) is 0 Å². The number of rotatable bonds is 5. The molecular formula is C15H13FN4O5S. The summed E-state index contributed by atoms with van der Waals surface area (Å²) in [5.74, 6) is -0.654. The first kappa shape index (κ1) is 17.8. The molecule has 0 saturated carbocycles. The fourth-order valence-corrected chi connectivity index (χ4v) is 2.78. The Kier molecular flexibility index (Phi) is 4.62. The number of aromatic nitrogens is 2. The predicted octanol–water partition coefficient (Wildman–Crippen LogP) is 1.18. The summed E-state index contributed by atoms with van der Waals surface area (Å²) < 4.78 is 47.3. The minimum Gasteiger partial charge on any atom is -0.441 e. The lowest BCUT2D eigenvalue weighted by atomic mass is 10.2. The summed E-state index contributed by atoms with van der Waals surface area (Å²) in [6.07, 6.45) is 2.05. The molecule has 11 heteroatoms. The molecule has 0 spiro atoms. The van der Waals surface area contributed by atoms with Gasteiger partial charge < -0.3 is 4.74 Å². The summed E-state index contributed by atoms with van der Waals surface area (Å²) in [7, 11) is -3.66. The third-order valence-corrected chi connectivity index (χ3v) is 4.11. The number of ether oxygens (including phenoxy) is 1. The number of hydrogen-bond donors (Lipinski definition) is 0. The van der Waals surface area contributed by atoms with Crippen LogP contribution in [-0.2, 0) is 19.0 Å². The van der Waals surface area contributed by atoms with Crippen LogP contribution in [0.25, 0.3) is 5.69 Å². The molecule has 0 unspecified atom stereocenters. The van der Waals surface area contributed by atoms with Gasteiger partial charge in [0.25, 0.3) is 10.1 Å². The molecule has 0 aliphatic carbocycles. The average molecular weight is 380 g/mol. The average Bonchev–Trinajstić information content (AvgIpc) is 3.18. The van der Waals surface area contributed by atoms with E-state index >= 15 is 0 Å². The largest absolute Gasteiger partial charge is 0.441 e. The van der Waals surface area contributed by atoms with E-state index in [4.69, 9.17) is 10.00 Å². The third kappa shape index (κ3) is 3.81. The summed E-state index contributed by atoms with van der Waals surface area (Å²) in [6.45, 7) is -0.292. The molecule has 2 aromatic rings. The van der Waals surface area contributed by atoms with Gasteiger partial charge in [0.15, 0.2) is 5.82 Å². The van der Waals surface area contributed by atoms with Crippen LogP contribution in [0.5, 0.6) is 0 Å². The van der Waals surface area contributed by atoms with Crippen LogP contribution in [0.1, 0.15) is 5.56 Å². The second-order valence-corrected chi connectivity index (χ2v) is 7.17. The Morgan fingerprint density at radius 2 is 2.27 bits per heavy atom. The number of hydrogen-bond acceptors (Lipinski definition) is 7. The number of carbonyl (C=O) groups is 1. The molecule has 1 aromatic carbocycles. The second kappa shape index (κ2) is 6.74. The lowest BCUT2D eigenvalue weighted by Crippen LogP contribution is -2.26. The van der Waals surface area contributed by atoms with Crippen LogP contribution in [0.4, 0.5) is 14.9 Å². The predicted molar refractivity (Wildman–Crippen MR) is 86.6 cm³/mol. The summed E-state index contributed by atoms with van der Waals surface area (Å²) >= 11 is 0. The van der Waals surface area contributed by atoms with Gasteiger partial charge in [-0.1, -0.05) is 0 Å². The Balaban J connectivity index is 1.77. The van der Waals surface area contributed by atoms with E-state index in [1.165, 1.54) is 34.1 Å². The molecule has 26 heavy (non-hydrogen) atoms. The van der Waals surface area contributed by atoms with E-state index in [1.54, 1.807) is 0 Å². The first-order valence-electron chi connectivity index (χ1n) is 7.34. The van der Waals surface area contributed by atoms with Gasteiger partial charge in [-0.3, -0.25) is 9.08 Å². The summed E-state index contributed by atoms with van der Waals surface area (Å²) in [4.78, 5) is 13.1. The first-order valence-corrected chi connectivity index (χ1v) is 9.16. The Labute approximate surface area is 148 Å². The Morgan fingerprint density at radius 1 is 1.50 bits per heavy atom. The smallest absolute Gasteiger partial charge is 0.414 e. The standard InChI is InChI=1S/C15H13FN4O5S/c1-26(22,23)24-9-12-8-19(15(21)25-12)11-2-3-14(13(16)4-11)20-7-10(5-17)6-18-20/h2-4,6-7,12H,8-9H2,1H3/t12-/m1/s1. The molecule has 1 aromatic heterocycles. The zero-order chi connectivity index (χ0) is 18.9. The minimum atomic E-state index is -3.66. The van der Waals surface area contributed by atoms with Gasteiger partial charge in [0.2, 0.25) is 0 Å². The number of cyclic esters (lactones) is 1. The number of anilines is 1. The van der Waals surface area contributed by atoms with Crippen molar-refractivity contribution >= 4 is 21.9 Å². The zero-order valence-corrected chi connectivity index (χ0v) is 14.3. The van der Waals surface area contributed by atoms with Crippen molar-refractivity contribution in [2.45, 2.75) is 6.10 Å². The van der Waals surface area contributed by atoms with Crippen molar-refractivity contribution in [3.8, 4) is 11.8 Å². The van der Waals surface area contributed by atoms with E-state index in [0.717, 1.165) is 12.3 Å². The molecule has 2 heterocycles. The highest BCUT2D eigenvalue weighted by Crippen LogP contribution is 2.25. The van der Waals surface area contributed by atoms with E-state index < -0.39 is 28.1 Å². The maximum atomic E-state index is 14.4. The molecule has 1 aliphatic rings. The third-order valence-electron chi connectivity index (χ3n) is 3.54. The van der Waals surface area contributed by atoms with Crippen LogP contribution < -0.4 is 4.90 Å². The van der Waals surface area contributed by atoms with E-state index in [9.17, 15) is 17.6 Å².